The second-order valence-corrected chi connectivity index (χ2v) is 11.0. The molecule has 1 N–H and O–H groups in total. The van der Waals surface area contributed by atoms with Gasteiger partial charge in [-0.2, -0.15) is 0 Å². The maximum Gasteiger partial charge on any atom is 0.266 e. The van der Waals surface area contributed by atoms with Gasteiger partial charge in [0.15, 0.2) is 12.4 Å². The molecule has 0 unspecified atom stereocenters. The Hall–Kier alpha value is -4.25. The van der Waals surface area contributed by atoms with Crippen molar-refractivity contribution in [3.8, 4) is 17.2 Å². The average molecular weight is 605 g/mol. The van der Waals surface area contributed by atoms with Crippen molar-refractivity contribution >= 4 is 34.2 Å². The van der Waals surface area contributed by atoms with Gasteiger partial charge >= 0.3 is 0 Å². The number of amides is 1. The SMILES string of the molecule is CC(C)Oc1ccc(C(=O)CO)cc1-n1c(CN2CCN(C(=O)COc3ccc(Cl)cc3)CC2)nc2ccccc2c1=O. The lowest BCUT2D eigenvalue weighted by atomic mass is 10.1. The topological polar surface area (TPSA) is 114 Å². The van der Waals surface area contributed by atoms with Crippen molar-refractivity contribution < 1.29 is 24.2 Å². The quantitative estimate of drug-likeness (QED) is 0.273. The number of aliphatic hydroxyl groups excluding tert-OH is 1. The van der Waals surface area contributed by atoms with E-state index in [0.717, 1.165) is 0 Å². The minimum absolute atomic E-state index is 0.0745. The highest BCUT2D eigenvalue weighted by molar-refractivity contribution is 6.30. The highest BCUT2D eigenvalue weighted by Gasteiger charge is 2.25. The van der Waals surface area contributed by atoms with Gasteiger partial charge in [-0.1, -0.05) is 23.7 Å². The van der Waals surface area contributed by atoms with E-state index in [9.17, 15) is 19.5 Å². The Bertz CT molecular complexity index is 1680. The Morgan fingerprint density at radius 2 is 1.72 bits per heavy atom. The molecular weight excluding hydrogens is 572 g/mol. The van der Waals surface area contributed by atoms with Crippen LogP contribution in [0.2, 0.25) is 5.02 Å². The van der Waals surface area contributed by atoms with Crippen molar-refractivity contribution in [1.29, 1.82) is 0 Å². The van der Waals surface area contributed by atoms with Crippen molar-refractivity contribution in [3.05, 3.63) is 93.5 Å². The van der Waals surface area contributed by atoms with Gasteiger partial charge in [0.2, 0.25) is 0 Å². The van der Waals surface area contributed by atoms with Crippen LogP contribution in [0.5, 0.6) is 11.5 Å². The molecule has 0 saturated carbocycles. The lowest BCUT2D eigenvalue weighted by Crippen LogP contribution is -2.50. The summed E-state index contributed by atoms with van der Waals surface area (Å²) in [6.07, 6.45) is -0.194. The van der Waals surface area contributed by atoms with E-state index in [4.69, 9.17) is 26.1 Å². The van der Waals surface area contributed by atoms with Gasteiger partial charge in [-0.05, 0) is 68.4 Å². The number of rotatable bonds is 10. The number of Topliss-reactive ketones (excluding diaryl/α,β-unsaturated/α-hetero) is 1. The fraction of sp³-hybridized carbons (Fsp3) is 0.312. The summed E-state index contributed by atoms with van der Waals surface area (Å²) >= 11 is 5.92. The Labute approximate surface area is 254 Å². The minimum atomic E-state index is -0.657. The molecule has 224 valence electrons. The predicted molar refractivity (Wildman–Crippen MR) is 163 cm³/mol. The first kappa shape index (κ1) is 30.2. The molecule has 0 atom stereocenters. The molecule has 1 aliphatic heterocycles. The fourth-order valence-electron chi connectivity index (χ4n) is 4.97. The third-order valence-electron chi connectivity index (χ3n) is 7.14. The summed E-state index contributed by atoms with van der Waals surface area (Å²) in [4.78, 5) is 47.9. The van der Waals surface area contributed by atoms with Gasteiger partial charge in [0.05, 0.1) is 29.2 Å². The number of fused-ring (bicyclic) bond motifs is 1. The van der Waals surface area contributed by atoms with Crippen molar-refractivity contribution in [1.82, 2.24) is 19.4 Å². The van der Waals surface area contributed by atoms with Crippen LogP contribution < -0.4 is 15.0 Å². The van der Waals surface area contributed by atoms with Crippen LogP contribution in [-0.4, -0.2) is 81.6 Å². The monoisotopic (exact) mass is 604 g/mol. The Balaban J connectivity index is 1.41. The van der Waals surface area contributed by atoms with Crippen LogP contribution in [0, 0.1) is 0 Å². The number of hydrogen-bond acceptors (Lipinski definition) is 8. The van der Waals surface area contributed by atoms with Gasteiger partial charge in [-0.25, -0.2) is 4.98 Å². The average Bonchev–Trinajstić information content (AvgIpc) is 3.01. The predicted octanol–water partition coefficient (Wildman–Crippen LogP) is 3.72. The number of nitrogens with zero attached hydrogens (tertiary/aromatic N) is 4. The fourth-order valence-corrected chi connectivity index (χ4v) is 5.09. The first-order valence-corrected chi connectivity index (χ1v) is 14.5. The minimum Gasteiger partial charge on any atom is -0.489 e. The zero-order valence-electron chi connectivity index (χ0n) is 24.0. The number of ketones is 1. The van der Waals surface area contributed by atoms with Gasteiger partial charge in [-0.15, -0.1) is 0 Å². The molecule has 0 spiro atoms. The molecule has 10 nitrogen and oxygen atoms in total. The third kappa shape index (κ3) is 7.05. The van der Waals surface area contributed by atoms with Crippen LogP contribution in [0.25, 0.3) is 16.6 Å². The van der Waals surface area contributed by atoms with Gasteiger partial charge in [-0.3, -0.25) is 23.9 Å². The number of para-hydroxylation sites is 1. The highest BCUT2D eigenvalue weighted by atomic mass is 35.5. The summed E-state index contributed by atoms with van der Waals surface area (Å²) in [6, 6.07) is 18.7. The van der Waals surface area contributed by atoms with E-state index in [-0.39, 0.29) is 29.7 Å². The number of benzene rings is 3. The number of ether oxygens (including phenoxy) is 2. The first-order chi connectivity index (χ1) is 20.7. The number of aliphatic hydroxyl groups is 1. The van der Waals surface area contributed by atoms with Crippen LogP contribution in [-0.2, 0) is 11.3 Å². The lowest BCUT2D eigenvalue weighted by Gasteiger charge is -2.34. The van der Waals surface area contributed by atoms with Crippen LogP contribution >= 0.6 is 11.6 Å². The number of carbonyl (C=O) groups is 2. The molecule has 11 heteroatoms. The second kappa shape index (κ2) is 13.4. The normalized spacial score (nSPS) is 13.8. The van der Waals surface area contributed by atoms with E-state index >= 15 is 0 Å². The standard InChI is InChI=1S/C32H33ClN4O6/c1-21(2)43-29-12-7-22(28(39)19-38)17-27(29)37-30(34-26-6-4-3-5-25(26)32(37)41)18-35-13-15-36(16-14-35)31(40)20-42-24-10-8-23(33)9-11-24/h3-12,17,21,38H,13-16,18-20H2,1-2H3. The highest BCUT2D eigenvalue weighted by Crippen LogP contribution is 2.27. The third-order valence-corrected chi connectivity index (χ3v) is 7.39. The zero-order chi connectivity index (χ0) is 30.5. The molecule has 4 aromatic rings. The molecule has 2 heterocycles. The summed E-state index contributed by atoms with van der Waals surface area (Å²) < 4.78 is 13.2. The van der Waals surface area contributed by atoms with Gasteiger partial charge < -0.3 is 19.5 Å². The lowest BCUT2D eigenvalue weighted by molar-refractivity contribution is -0.135. The largest absolute Gasteiger partial charge is 0.489 e. The van der Waals surface area contributed by atoms with E-state index in [1.54, 1.807) is 65.6 Å². The van der Waals surface area contributed by atoms with E-state index in [2.05, 4.69) is 4.90 Å². The number of halogens is 1. The Kier molecular flexibility index (Phi) is 9.40. The van der Waals surface area contributed by atoms with E-state index < -0.39 is 12.4 Å². The zero-order valence-corrected chi connectivity index (χ0v) is 24.8. The maximum atomic E-state index is 14.0. The first-order valence-electron chi connectivity index (χ1n) is 14.1. The summed E-state index contributed by atoms with van der Waals surface area (Å²) in [5.74, 6) is 0.873. The summed E-state index contributed by atoms with van der Waals surface area (Å²) in [5.41, 5.74) is 0.892. The van der Waals surface area contributed by atoms with Gasteiger partial charge in [0.25, 0.3) is 11.5 Å². The van der Waals surface area contributed by atoms with E-state index in [1.165, 1.54) is 4.57 Å². The molecule has 1 aromatic heterocycles. The van der Waals surface area contributed by atoms with Gasteiger partial charge in [0, 0.05) is 36.8 Å². The second-order valence-electron chi connectivity index (χ2n) is 10.5. The number of piperazine rings is 1. The summed E-state index contributed by atoms with van der Waals surface area (Å²) in [7, 11) is 0. The van der Waals surface area contributed by atoms with Crippen LogP contribution in [0.4, 0.5) is 0 Å². The number of hydrogen-bond donors (Lipinski definition) is 1. The molecule has 3 aromatic carbocycles. The smallest absolute Gasteiger partial charge is 0.266 e. The maximum absolute atomic E-state index is 14.0. The number of carbonyl (C=O) groups excluding carboxylic acids is 2. The molecule has 1 aliphatic rings. The Morgan fingerprint density at radius 1 is 1.00 bits per heavy atom. The molecule has 0 aliphatic carbocycles. The van der Waals surface area contributed by atoms with Crippen molar-refractivity contribution in [3.63, 3.8) is 0 Å². The molecule has 0 bridgehead atoms. The van der Waals surface area contributed by atoms with Crippen molar-refractivity contribution in [2.45, 2.75) is 26.5 Å². The molecule has 0 radical (unpaired) electrons. The van der Waals surface area contributed by atoms with Gasteiger partial charge in [0.1, 0.15) is 23.9 Å². The van der Waals surface area contributed by atoms with Crippen molar-refractivity contribution in [2.75, 3.05) is 39.4 Å². The van der Waals surface area contributed by atoms with Crippen LogP contribution in [0.3, 0.4) is 0 Å². The molecule has 1 saturated heterocycles. The van der Waals surface area contributed by atoms with E-state index in [1.807, 2.05) is 19.9 Å². The molecule has 1 amide bonds. The molecule has 1 fully saturated rings. The number of aromatic nitrogens is 2. The van der Waals surface area contributed by atoms with Crippen molar-refractivity contribution in [2.24, 2.45) is 0 Å². The Morgan fingerprint density at radius 3 is 2.42 bits per heavy atom. The summed E-state index contributed by atoms with van der Waals surface area (Å²) in [6.45, 7) is 5.44. The van der Waals surface area contributed by atoms with Crippen LogP contribution in [0.15, 0.2) is 71.5 Å². The van der Waals surface area contributed by atoms with Crippen LogP contribution in [0.1, 0.15) is 30.0 Å². The summed E-state index contributed by atoms with van der Waals surface area (Å²) in [5, 5.41) is 10.5. The van der Waals surface area contributed by atoms with E-state index in [0.29, 0.717) is 71.7 Å². The molecule has 43 heavy (non-hydrogen) atoms. The molecule has 5 rings (SSSR count). The molecular formula is C32H33ClN4O6.